The molecular formula is C21H21N3O3. The average molecular weight is 363 g/mol. The first-order valence-corrected chi connectivity index (χ1v) is 8.63. The second kappa shape index (κ2) is 7.15. The highest BCUT2D eigenvalue weighted by Gasteiger charge is 2.20. The van der Waals surface area contributed by atoms with Gasteiger partial charge in [-0.15, -0.1) is 0 Å². The van der Waals surface area contributed by atoms with E-state index in [4.69, 9.17) is 0 Å². The molecule has 0 bridgehead atoms. The van der Waals surface area contributed by atoms with Crippen molar-refractivity contribution in [1.29, 1.82) is 0 Å². The number of H-pyrrole nitrogens is 1. The van der Waals surface area contributed by atoms with Crippen molar-refractivity contribution in [3.05, 3.63) is 75.8 Å². The van der Waals surface area contributed by atoms with Crippen molar-refractivity contribution in [2.75, 3.05) is 0 Å². The van der Waals surface area contributed by atoms with E-state index >= 15 is 0 Å². The van der Waals surface area contributed by atoms with E-state index in [2.05, 4.69) is 35.7 Å². The molecule has 0 saturated carbocycles. The van der Waals surface area contributed by atoms with Crippen LogP contribution >= 0.6 is 0 Å². The standard InChI is InChI=1S/C21H21N3O3/c1-21(2,3)14-9-7-13(8-10-14)12-16(25)17-18(26)20(27)24-19(23-17)15-6-4-5-11-22-15/h4-11,26H,12H2,1-3H3,(H,23,24,27). The number of aromatic hydroxyl groups is 1. The first-order chi connectivity index (χ1) is 12.8. The van der Waals surface area contributed by atoms with Gasteiger partial charge in [0.05, 0.1) is 0 Å². The van der Waals surface area contributed by atoms with Crippen LogP contribution in [-0.4, -0.2) is 25.8 Å². The van der Waals surface area contributed by atoms with Crippen molar-refractivity contribution in [1.82, 2.24) is 15.0 Å². The Hall–Kier alpha value is -3.28. The first kappa shape index (κ1) is 18.5. The van der Waals surface area contributed by atoms with Crippen molar-refractivity contribution in [2.45, 2.75) is 32.6 Å². The Morgan fingerprint density at radius 3 is 2.41 bits per heavy atom. The molecule has 0 unspecified atom stereocenters. The number of carbonyl (C=O) groups excluding carboxylic acids is 1. The van der Waals surface area contributed by atoms with Gasteiger partial charge in [0, 0.05) is 12.6 Å². The number of carbonyl (C=O) groups is 1. The number of aromatic nitrogens is 3. The van der Waals surface area contributed by atoms with Crippen molar-refractivity contribution >= 4 is 5.78 Å². The third-order valence-electron chi connectivity index (χ3n) is 4.25. The Balaban J connectivity index is 1.90. The van der Waals surface area contributed by atoms with Crippen molar-refractivity contribution < 1.29 is 9.90 Å². The number of pyridine rings is 1. The number of nitrogens with one attached hydrogen (secondary N) is 1. The molecule has 3 aromatic rings. The Morgan fingerprint density at radius 2 is 1.81 bits per heavy atom. The summed E-state index contributed by atoms with van der Waals surface area (Å²) < 4.78 is 0. The predicted octanol–water partition coefficient (Wildman–Crippen LogP) is 3.26. The number of hydrogen-bond acceptors (Lipinski definition) is 5. The molecule has 2 N–H and O–H groups in total. The van der Waals surface area contributed by atoms with E-state index in [0.717, 1.165) is 11.1 Å². The van der Waals surface area contributed by atoms with Crippen LogP contribution in [0.4, 0.5) is 0 Å². The second-order valence-corrected chi connectivity index (χ2v) is 7.37. The number of nitrogens with zero attached hydrogens (tertiary/aromatic N) is 2. The summed E-state index contributed by atoms with van der Waals surface area (Å²) in [6, 6.07) is 12.8. The molecule has 27 heavy (non-hydrogen) atoms. The third kappa shape index (κ3) is 4.11. The number of Topliss-reactive ketones (excluding diaryl/α,β-unsaturated/α-hetero) is 1. The summed E-state index contributed by atoms with van der Waals surface area (Å²) in [5.74, 6) is -0.963. The van der Waals surface area contributed by atoms with Gasteiger partial charge in [-0.3, -0.25) is 14.6 Å². The highest BCUT2D eigenvalue weighted by atomic mass is 16.3. The zero-order chi connectivity index (χ0) is 19.6. The monoisotopic (exact) mass is 363 g/mol. The smallest absolute Gasteiger partial charge is 0.294 e. The molecule has 0 radical (unpaired) electrons. The summed E-state index contributed by atoms with van der Waals surface area (Å²) in [5.41, 5.74) is 1.36. The molecule has 0 spiro atoms. The minimum atomic E-state index is -0.767. The van der Waals surface area contributed by atoms with Gasteiger partial charge >= 0.3 is 0 Å². The minimum Gasteiger partial charge on any atom is -0.501 e. The average Bonchev–Trinajstić information content (AvgIpc) is 2.64. The van der Waals surface area contributed by atoms with Crippen LogP contribution in [0.2, 0.25) is 0 Å². The van der Waals surface area contributed by atoms with E-state index in [1.165, 1.54) is 0 Å². The van der Waals surface area contributed by atoms with E-state index < -0.39 is 17.1 Å². The Bertz CT molecular complexity index is 1020. The molecule has 0 saturated heterocycles. The topological polar surface area (TPSA) is 95.9 Å². The molecule has 1 aromatic carbocycles. The summed E-state index contributed by atoms with van der Waals surface area (Å²) >= 11 is 0. The summed E-state index contributed by atoms with van der Waals surface area (Å²) in [4.78, 5) is 35.4. The molecule has 0 aliphatic heterocycles. The van der Waals surface area contributed by atoms with Crippen molar-refractivity contribution in [2.24, 2.45) is 0 Å². The Labute approximate surface area is 157 Å². The quantitative estimate of drug-likeness (QED) is 0.694. The molecule has 0 fully saturated rings. The summed E-state index contributed by atoms with van der Waals surface area (Å²) in [6.45, 7) is 6.35. The number of aromatic amines is 1. The number of hydrogen-bond donors (Lipinski definition) is 2. The van der Waals surface area contributed by atoms with Gasteiger partial charge in [-0.05, 0) is 28.7 Å². The Morgan fingerprint density at radius 1 is 1.11 bits per heavy atom. The van der Waals surface area contributed by atoms with Gasteiger partial charge in [0.15, 0.2) is 17.3 Å². The van der Waals surface area contributed by atoms with Crippen LogP contribution in [0.25, 0.3) is 11.5 Å². The normalized spacial score (nSPS) is 11.4. The summed E-state index contributed by atoms with van der Waals surface area (Å²) in [7, 11) is 0. The molecule has 6 nitrogen and oxygen atoms in total. The fourth-order valence-electron chi connectivity index (χ4n) is 2.68. The highest BCUT2D eigenvalue weighted by Crippen LogP contribution is 2.23. The second-order valence-electron chi connectivity index (χ2n) is 7.37. The van der Waals surface area contributed by atoms with Gasteiger partial charge < -0.3 is 10.1 Å². The molecule has 2 aromatic heterocycles. The van der Waals surface area contributed by atoms with Crippen LogP contribution in [0, 0.1) is 0 Å². The first-order valence-electron chi connectivity index (χ1n) is 8.63. The van der Waals surface area contributed by atoms with Gasteiger partial charge in [-0.2, -0.15) is 0 Å². The largest absolute Gasteiger partial charge is 0.501 e. The molecule has 2 heterocycles. The molecular weight excluding hydrogens is 342 g/mol. The molecule has 0 aliphatic carbocycles. The maximum atomic E-state index is 12.7. The van der Waals surface area contributed by atoms with Gasteiger partial charge in [0.25, 0.3) is 5.56 Å². The molecule has 0 amide bonds. The van der Waals surface area contributed by atoms with Crippen LogP contribution in [0.1, 0.15) is 42.4 Å². The lowest BCUT2D eigenvalue weighted by Crippen LogP contribution is -2.17. The van der Waals surface area contributed by atoms with Crippen LogP contribution in [0.5, 0.6) is 5.75 Å². The SMILES string of the molecule is CC(C)(C)c1ccc(CC(=O)c2nc(-c3ccccn3)[nH]c(=O)c2O)cc1. The molecule has 138 valence electrons. The minimum absolute atomic E-state index is 0.0205. The lowest BCUT2D eigenvalue weighted by atomic mass is 9.86. The summed E-state index contributed by atoms with van der Waals surface area (Å²) in [5, 5.41) is 10.0. The highest BCUT2D eigenvalue weighted by molar-refractivity contribution is 5.98. The van der Waals surface area contributed by atoms with E-state index in [-0.39, 0.29) is 23.4 Å². The summed E-state index contributed by atoms with van der Waals surface area (Å²) in [6.07, 6.45) is 1.59. The lowest BCUT2D eigenvalue weighted by molar-refractivity contribution is 0.0985. The predicted molar refractivity (Wildman–Crippen MR) is 103 cm³/mol. The fraction of sp³-hybridized carbons (Fsp3) is 0.238. The lowest BCUT2D eigenvalue weighted by Gasteiger charge is -2.19. The van der Waals surface area contributed by atoms with Crippen LogP contribution in [0.3, 0.4) is 0 Å². The van der Waals surface area contributed by atoms with E-state index in [1.54, 1.807) is 24.4 Å². The fourth-order valence-corrected chi connectivity index (χ4v) is 2.68. The van der Waals surface area contributed by atoms with E-state index in [0.29, 0.717) is 5.69 Å². The molecule has 0 aliphatic rings. The van der Waals surface area contributed by atoms with Crippen LogP contribution in [-0.2, 0) is 11.8 Å². The maximum Gasteiger partial charge on any atom is 0.294 e. The van der Waals surface area contributed by atoms with Gasteiger partial charge in [-0.1, -0.05) is 51.1 Å². The molecule has 6 heteroatoms. The number of benzene rings is 1. The van der Waals surface area contributed by atoms with Gasteiger partial charge in [-0.25, -0.2) is 4.98 Å². The van der Waals surface area contributed by atoms with Gasteiger partial charge in [0.1, 0.15) is 5.69 Å². The zero-order valence-corrected chi connectivity index (χ0v) is 15.5. The van der Waals surface area contributed by atoms with Crippen molar-refractivity contribution in [3.8, 4) is 17.3 Å². The Kier molecular flexibility index (Phi) is 4.90. The zero-order valence-electron chi connectivity index (χ0n) is 15.5. The van der Waals surface area contributed by atoms with Crippen LogP contribution < -0.4 is 5.56 Å². The molecule has 3 rings (SSSR count). The number of ketones is 1. The maximum absolute atomic E-state index is 12.7. The van der Waals surface area contributed by atoms with E-state index in [1.807, 2.05) is 24.3 Å². The van der Waals surface area contributed by atoms with Crippen molar-refractivity contribution in [3.63, 3.8) is 0 Å². The molecule has 0 atom stereocenters. The van der Waals surface area contributed by atoms with Gasteiger partial charge in [0.2, 0.25) is 5.75 Å². The van der Waals surface area contributed by atoms with Crippen LogP contribution in [0.15, 0.2) is 53.5 Å². The van der Waals surface area contributed by atoms with E-state index in [9.17, 15) is 14.7 Å². The number of rotatable bonds is 4. The third-order valence-corrected chi connectivity index (χ3v) is 4.25.